The maximum atomic E-state index is 8.59. The lowest BCUT2D eigenvalue weighted by molar-refractivity contribution is 0.278. The van der Waals surface area contributed by atoms with Gasteiger partial charge in [0.25, 0.3) is 0 Å². The molecule has 1 N–H and O–H groups in total. The summed E-state index contributed by atoms with van der Waals surface area (Å²) in [5.74, 6) is 0.952. The van der Waals surface area contributed by atoms with Gasteiger partial charge >= 0.3 is 0 Å². The molecule has 0 aliphatic heterocycles. The smallest absolute Gasteiger partial charge is 0.119 e. The molecule has 0 fully saturated rings. The van der Waals surface area contributed by atoms with E-state index in [1.165, 1.54) is 12.8 Å². The number of para-hydroxylation sites is 1. The summed E-state index contributed by atoms with van der Waals surface area (Å²) in [6.45, 7) is 1.11. The van der Waals surface area contributed by atoms with Gasteiger partial charge in [0, 0.05) is 6.61 Å². The van der Waals surface area contributed by atoms with Gasteiger partial charge in [-0.1, -0.05) is 37.5 Å². The van der Waals surface area contributed by atoms with Crippen molar-refractivity contribution in [1.82, 2.24) is 0 Å². The first kappa shape index (κ1) is 12.1. The van der Waals surface area contributed by atoms with Crippen LogP contribution in [-0.4, -0.2) is 18.3 Å². The Hall–Kier alpha value is -1.02. The van der Waals surface area contributed by atoms with Crippen LogP contribution in [0.4, 0.5) is 0 Å². The lowest BCUT2D eigenvalue weighted by Gasteiger charge is -2.05. The highest BCUT2D eigenvalue weighted by molar-refractivity contribution is 5.20. The number of hydrogen-bond acceptors (Lipinski definition) is 2. The van der Waals surface area contributed by atoms with E-state index in [2.05, 4.69) is 0 Å². The summed E-state index contributed by atoms with van der Waals surface area (Å²) < 4.78 is 5.56. The second-order valence-corrected chi connectivity index (χ2v) is 3.65. The van der Waals surface area contributed by atoms with Crippen LogP contribution in [0.3, 0.4) is 0 Å². The fourth-order valence-electron chi connectivity index (χ4n) is 1.45. The van der Waals surface area contributed by atoms with Crippen molar-refractivity contribution < 1.29 is 9.84 Å². The fraction of sp³-hybridized carbons (Fsp3) is 0.538. The summed E-state index contributed by atoms with van der Waals surface area (Å²) in [6, 6.07) is 9.91. The Balaban J connectivity index is 1.93. The van der Waals surface area contributed by atoms with Crippen LogP contribution in [0.5, 0.6) is 5.75 Å². The Labute approximate surface area is 91.9 Å². The largest absolute Gasteiger partial charge is 0.494 e. The molecule has 2 heteroatoms. The topological polar surface area (TPSA) is 29.5 Å². The summed E-state index contributed by atoms with van der Waals surface area (Å²) in [7, 11) is 0. The van der Waals surface area contributed by atoms with Crippen LogP contribution >= 0.6 is 0 Å². The molecule has 0 bridgehead atoms. The number of rotatable bonds is 8. The number of unbranched alkanes of at least 4 members (excludes halogenated alkanes) is 4. The van der Waals surface area contributed by atoms with E-state index in [1.807, 2.05) is 30.3 Å². The number of benzene rings is 1. The molecule has 15 heavy (non-hydrogen) atoms. The van der Waals surface area contributed by atoms with Crippen molar-refractivity contribution in [2.75, 3.05) is 13.2 Å². The average Bonchev–Trinajstić information content (AvgIpc) is 2.29. The van der Waals surface area contributed by atoms with Gasteiger partial charge < -0.3 is 9.84 Å². The lowest BCUT2D eigenvalue weighted by Crippen LogP contribution is -1.97. The van der Waals surface area contributed by atoms with Crippen LogP contribution in [-0.2, 0) is 0 Å². The highest BCUT2D eigenvalue weighted by atomic mass is 16.5. The van der Waals surface area contributed by atoms with Crippen molar-refractivity contribution in [2.24, 2.45) is 0 Å². The molecule has 0 atom stereocenters. The van der Waals surface area contributed by atoms with Crippen LogP contribution in [0.15, 0.2) is 30.3 Å². The highest BCUT2D eigenvalue weighted by Gasteiger charge is 1.92. The van der Waals surface area contributed by atoms with E-state index in [0.717, 1.165) is 31.6 Å². The lowest BCUT2D eigenvalue weighted by atomic mass is 10.1. The van der Waals surface area contributed by atoms with Gasteiger partial charge in [-0.05, 0) is 25.0 Å². The van der Waals surface area contributed by atoms with Gasteiger partial charge in [-0.25, -0.2) is 0 Å². The van der Waals surface area contributed by atoms with E-state index >= 15 is 0 Å². The average molecular weight is 208 g/mol. The Morgan fingerprint density at radius 1 is 0.867 bits per heavy atom. The van der Waals surface area contributed by atoms with E-state index in [1.54, 1.807) is 0 Å². The minimum atomic E-state index is 0.320. The monoisotopic (exact) mass is 208 g/mol. The molecular formula is C13H20O2. The summed E-state index contributed by atoms with van der Waals surface area (Å²) >= 11 is 0. The minimum Gasteiger partial charge on any atom is -0.494 e. The first-order valence-electron chi connectivity index (χ1n) is 5.72. The zero-order valence-electron chi connectivity index (χ0n) is 9.19. The van der Waals surface area contributed by atoms with E-state index < -0.39 is 0 Å². The summed E-state index contributed by atoms with van der Waals surface area (Å²) in [6.07, 6.45) is 5.53. The third-order valence-electron chi connectivity index (χ3n) is 2.31. The fourth-order valence-corrected chi connectivity index (χ4v) is 1.45. The molecule has 0 spiro atoms. The third-order valence-corrected chi connectivity index (χ3v) is 2.31. The van der Waals surface area contributed by atoms with Gasteiger partial charge in [-0.2, -0.15) is 0 Å². The first-order chi connectivity index (χ1) is 7.43. The molecule has 0 aliphatic carbocycles. The molecule has 1 rings (SSSR count). The molecule has 0 unspecified atom stereocenters. The Morgan fingerprint density at radius 2 is 1.53 bits per heavy atom. The molecule has 2 nitrogen and oxygen atoms in total. The molecule has 0 amide bonds. The maximum absolute atomic E-state index is 8.59. The van der Waals surface area contributed by atoms with Crippen molar-refractivity contribution in [3.63, 3.8) is 0 Å². The Bertz CT molecular complexity index is 234. The van der Waals surface area contributed by atoms with E-state index in [9.17, 15) is 0 Å². The van der Waals surface area contributed by atoms with Crippen molar-refractivity contribution in [2.45, 2.75) is 32.1 Å². The van der Waals surface area contributed by atoms with Crippen molar-refractivity contribution in [3.8, 4) is 5.75 Å². The van der Waals surface area contributed by atoms with Gasteiger partial charge in [0.1, 0.15) is 5.75 Å². The highest BCUT2D eigenvalue weighted by Crippen LogP contribution is 2.09. The molecule has 0 saturated heterocycles. The molecule has 0 aromatic heterocycles. The second kappa shape index (κ2) is 8.30. The summed E-state index contributed by atoms with van der Waals surface area (Å²) in [4.78, 5) is 0. The van der Waals surface area contributed by atoms with Gasteiger partial charge in [0.05, 0.1) is 6.61 Å². The van der Waals surface area contributed by atoms with Gasteiger partial charge in [0.15, 0.2) is 0 Å². The molecule has 1 aromatic carbocycles. The number of aliphatic hydroxyl groups is 1. The predicted octanol–water partition coefficient (Wildman–Crippen LogP) is 3.01. The van der Waals surface area contributed by atoms with Crippen molar-refractivity contribution >= 4 is 0 Å². The molecule has 1 aromatic rings. The van der Waals surface area contributed by atoms with E-state index in [-0.39, 0.29) is 0 Å². The molecule has 0 aliphatic rings. The number of hydrogen-bond donors (Lipinski definition) is 1. The zero-order valence-corrected chi connectivity index (χ0v) is 9.19. The molecule has 0 heterocycles. The minimum absolute atomic E-state index is 0.320. The van der Waals surface area contributed by atoms with Crippen molar-refractivity contribution in [3.05, 3.63) is 30.3 Å². The molecule has 84 valence electrons. The van der Waals surface area contributed by atoms with Gasteiger partial charge in [-0.3, -0.25) is 0 Å². The predicted molar refractivity (Wildman–Crippen MR) is 62.1 cm³/mol. The standard InChI is InChI=1S/C13H20O2/c14-11-7-2-1-3-8-12-15-13-9-5-4-6-10-13/h4-6,9-10,14H,1-3,7-8,11-12H2. The molecule has 0 saturated carbocycles. The zero-order chi connectivity index (χ0) is 10.8. The quantitative estimate of drug-likeness (QED) is 0.665. The van der Waals surface area contributed by atoms with Gasteiger partial charge in [-0.15, -0.1) is 0 Å². The molecular weight excluding hydrogens is 188 g/mol. The summed E-state index contributed by atoms with van der Waals surface area (Å²) in [5.41, 5.74) is 0. The molecule has 0 radical (unpaired) electrons. The summed E-state index contributed by atoms with van der Waals surface area (Å²) in [5, 5.41) is 8.59. The SMILES string of the molecule is OCCCCCCCOc1ccccc1. The maximum Gasteiger partial charge on any atom is 0.119 e. The normalized spacial score (nSPS) is 10.2. The van der Waals surface area contributed by atoms with Crippen LogP contribution < -0.4 is 4.74 Å². The van der Waals surface area contributed by atoms with Crippen molar-refractivity contribution in [1.29, 1.82) is 0 Å². The third kappa shape index (κ3) is 6.13. The first-order valence-corrected chi connectivity index (χ1v) is 5.72. The van der Waals surface area contributed by atoms with Crippen LogP contribution in [0.2, 0.25) is 0 Å². The van der Waals surface area contributed by atoms with Gasteiger partial charge in [0.2, 0.25) is 0 Å². The van der Waals surface area contributed by atoms with E-state index in [0.29, 0.717) is 6.61 Å². The number of ether oxygens (including phenoxy) is 1. The van der Waals surface area contributed by atoms with E-state index in [4.69, 9.17) is 9.84 Å². The Kier molecular flexibility index (Phi) is 6.67. The Morgan fingerprint density at radius 3 is 2.27 bits per heavy atom. The number of aliphatic hydroxyl groups excluding tert-OH is 1. The van der Waals surface area contributed by atoms with Crippen LogP contribution in [0.1, 0.15) is 32.1 Å². The van der Waals surface area contributed by atoms with Crippen LogP contribution in [0, 0.1) is 0 Å². The second-order valence-electron chi connectivity index (χ2n) is 3.65. The van der Waals surface area contributed by atoms with Crippen LogP contribution in [0.25, 0.3) is 0 Å².